The third-order valence-electron chi connectivity index (χ3n) is 6.62. The van der Waals surface area contributed by atoms with E-state index in [-0.39, 0.29) is 18.0 Å². The number of nitrogens with two attached hydrogens (primary N) is 2. The van der Waals surface area contributed by atoms with Gasteiger partial charge in [0.2, 0.25) is 11.9 Å². The van der Waals surface area contributed by atoms with E-state index in [1.54, 1.807) is 14.2 Å². The first-order chi connectivity index (χ1) is 19.5. The van der Waals surface area contributed by atoms with Crippen molar-refractivity contribution < 1.29 is 14.2 Å². The lowest BCUT2D eigenvalue weighted by Crippen LogP contribution is -2.14. The Morgan fingerprint density at radius 1 is 0.775 bits per heavy atom. The normalized spacial score (nSPS) is 15.2. The maximum absolute atomic E-state index is 5.81. The Morgan fingerprint density at radius 2 is 1.45 bits per heavy atom. The Labute approximate surface area is 228 Å². The van der Waals surface area contributed by atoms with Crippen molar-refractivity contribution in [3.05, 3.63) is 48.2 Å². The molecule has 1 unspecified atom stereocenters. The zero-order valence-electron chi connectivity index (χ0n) is 22.0. The standard InChI is InChI=1S/C16H13N5O.C11H15N5O2/c1-22-16-19-13-12(18-15(17)20-14(13)21-16)11-7-6-9-4-2-3-5-10(9)8-11;1-17-11-14-8-7(6-4-2-3-5-18-6)13-10(12)15-9(8)16-11/h2-8H,1H3,(H3,17,18,19,20,21);6H,2-5H2,1H3,(H3,12,13,14,15,16). The fourth-order valence-corrected chi connectivity index (χ4v) is 4.74. The van der Waals surface area contributed by atoms with Crippen molar-refractivity contribution in [3.8, 4) is 23.3 Å². The van der Waals surface area contributed by atoms with E-state index in [2.05, 4.69) is 64.1 Å². The van der Waals surface area contributed by atoms with E-state index >= 15 is 0 Å². The molecule has 4 aromatic heterocycles. The summed E-state index contributed by atoms with van der Waals surface area (Å²) < 4.78 is 15.9. The molecule has 0 saturated carbocycles. The van der Waals surface area contributed by atoms with Gasteiger partial charge in [0.25, 0.3) is 12.0 Å². The summed E-state index contributed by atoms with van der Waals surface area (Å²) in [6, 6.07) is 15.1. The lowest BCUT2D eigenvalue weighted by molar-refractivity contribution is 0.0132. The molecule has 13 heteroatoms. The summed E-state index contributed by atoms with van der Waals surface area (Å²) in [6.45, 7) is 0.751. The molecule has 1 atom stereocenters. The van der Waals surface area contributed by atoms with Gasteiger partial charge in [-0.15, -0.1) is 0 Å². The molecule has 7 rings (SSSR count). The zero-order valence-corrected chi connectivity index (χ0v) is 22.0. The van der Waals surface area contributed by atoms with Crippen LogP contribution in [0, 0.1) is 0 Å². The number of rotatable bonds is 4. The Bertz CT molecular complexity index is 1810. The van der Waals surface area contributed by atoms with E-state index in [4.69, 9.17) is 25.7 Å². The second kappa shape index (κ2) is 10.6. The van der Waals surface area contributed by atoms with Crippen molar-refractivity contribution >= 4 is 45.0 Å². The van der Waals surface area contributed by atoms with Crippen LogP contribution in [0.25, 0.3) is 44.4 Å². The molecule has 204 valence electrons. The summed E-state index contributed by atoms with van der Waals surface area (Å²) in [5.41, 5.74) is 16.4. The monoisotopic (exact) mass is 540 g/mol. The van der Waals surface area contributed by atoms with Crippen LogP contribution in [0.4, 0.5) is 11.9 Å². The van der Waals surface area contributed by atoms with Crippen molar-refractivity contribution in [1.29, 1.82) is 0 Å². The molecule has 1 aliphatic heterocycles. The number of imidazole rings is 2. The van der Waals surface area contributed by atoms with Gasteiger partial charge in [-0.25, -0.2) is 9.97 Å². The SMILES string of the molecule is COc1nc2nc(N)nc(-c3ccc4ccccc4c3)c2[nH]1.COc1nc2nc(N)nc(C3CCCCO3)c2[nH]1. The van der Waals surface area contributed by atoms with Crippen LogP contribution in [-0.4, -0.2) is 60.7 Å². The molecule has 0 amide bonds. The summed E-state index contributed by atoms with van der Waals surface area (Å²) in [6.07, 6.45) is 3.11. The number of benzene rings is 2. The smallest absolute Gasteiger partial charge is 0.295 e. The molecule has 13 nitrogen and oxygen atoms in total. The van der Waals surface area contributed by atoms with Crippen molar-refractivity contribution in [2.45, 2.75) is 25.4 Å². The minimum atomic E-state index is -0.0447. The number of hydrogen-bond acceptors (Lipinski definition) is 11. The average Bonchev–Trinajstić information content (AvgIpc) is 3.60. The molecule has 6 aromatic rings. The van der Waals surface area contributed by atoms with Crippen molar-refractivity contribution in [3.63, 3.8) is 0 Å². The Balaban J connectivity index is 0.000000148. The molecule has 1 aliphatic rings. The Morgan fingerprint density at radius 3 is 2.15 bits per heavy atom. The molecule has 5 heterocycles. The van der Waals surface area contributed by atoms with Gasteiger partial charge in [-0.2, -0.15) is 19.9 Å². The number of nitrogen functional groups attached to an aromatic ring is 2. The third-order valence-corrected chi connectivity index (χ3v) is 6.62. The first-order valence-electron chi connectivity index (χ1n) is 12.8. The van der Waals surface area contributed by atoms with E-state index < -0.39 is 0 Å². The van der Waals surface area contributed by atoms with Crippen molar-refractivity contribution in [2.24, 2.45) is 0 Å². The lowest BCUT2D eigenvalue weighted by atomic mass is 10.0. The quantitative estimate of drug-likeness (QED) is 0.253. The van der Waals surface area contributed by atoms with E-state index in [0.29, 0.717) is 34.5 Å². The van der Waals surface area contributed by atoms with Gasteiger partial charge in [0.1, 0.15) is 28.5 Å². The highest BCUT2D eigenvalue weighted by atomic mass is 16.5. The number of hydrogen-bond donors (Lipinski definition) is 4. The van der Waals surface area contributed by atoms with Crippen LogP contribution >= 0.6 is 0 Å². The summed E-state index contributed by atoms with van der Waals surface area (Å²) in [5, 5.41) is 2.31. The summed E-state index contributed by atoms with van der Waals surface area (Å²) in [4.78, 5) is 31.4. The van der Waals surface area contributed by atoms with Crippen LogP contribution in [0.15, 0.2) is 42.5 Å². The molecule has 0 bridgehead atoms. The number of aromatic amines is 2. The van der Waals surface area contributed by atoms with Crippen LogP contribution in [0.3, 0.4) is 0 Å². The second-order valence-electron chi connectivity index (χ2n) is 9.20. The van der Waals surface area contributed by atoms with Gasteiger partial charge in [0, 0.05) is 12.2 Å². The van der Waals surface area contributed by atoms with Crippen molar-refractivity contribution in [1.82, 2.24) is 39.9 Å². The Kier molecular flexibility index (Phi) is 6.70. The van der Waals surface area contributed by atoms with Crippen molar-refractivity contribution in [2.75, 3.05) is 32.3 Å². The topological polar surface area (TPSA) is 189 Å². The molecule has 0 aliphatic carbocycles. The fourth-order valence-electron chi connectivity index (χ4n) is 4.74. The largest absolute Gasteiger partial charge is 0.468 e. The Hall–Kier alpha value is -5.04. The molecule has 6 N–H and O–H groups in total. The maximum Gasteiger partial charge on any atom is 0.295 e. The molecule has 1 saturated heterocycles. The fraction of sp³-hybridized carbons (Fsp3) is 0.259. The first kappa shape index (κ1) is 25.2. The van der Waals surface area contributed by atoms with E-state index in [0.717, 1.165) is 48.0 Å². The summed E-state index contributed by atoms with van der Waals surface area (Å²) >= 11 is 0. The number of nitrogens with zero attached hydrogens (tertiary/aromatic N) is 6. The molecule has 2 aromatic carbocycles. The van der Waals surface area contributed by atoms with Gasteiger partial charge >= 0.3 is 0 Å². The lowest BCUT2D eigenvalue weighted by Gasteiger charge is -2.22. The maximum atomic E-state index is 5.81. The highest BCUT2D eigenvalue weighted by Crippen LogP contribution is 2.32. The van der Waals surface area contributed by atoms with Crippen LogP contribution in [-0.2, 0) is 4.74 Å². The van der Waals surface area contributed by atoms with Gasteiger partial charge in [-0.05, 0) is 36.1 Å². The molecule has 0 spiro atoms. The number of fused-ring (bicyclic) bond motifs is 3. The number of aromatic nitrogens is 8. The first-order valence-corrected chi connectivity index (χ1v) is 12.8. The molecule has 1 fully saturated rings. The van der Waals surface area contributed by atoms with Crippen LogP contribution in [0.1, 0.15) is 31.1 Å². The molecular weight excluding hydrogens is 512 g/mol. The van der Waals surface area contributed by atoms with Gasteiger partial charge in [0.05, 0.1) is 14.2 Å². The van der Waals surface area contributed by atoms with Gasteiger partial charge in [-0.1, -0.05) is 36.4 Å². The van der Waals surface area contributed by atoms with E-state index in [9.17, 15) is 0 Å². The van der Waals surface area contributed by atoms with Crippen LogP contribution in [0.5, 0.6) is 12.0 Å². The second-order valence-corrected chi connectivity index (χ2v) is 9.20. The number of methoxy groups -OCH3 is 2. The highest BCUT2D eigenvalue weighted by Gasteiger charge is 2.23. The average molecular weight is 541 g/mol. The molecule has 0 radical (unpaired) electrons. The number of H-pyrrole nitrogens is 2. The predicted octanol–water partition coefficient (Wildman–Crippen LogP) is 3.95. The summed E-state index contributed by atoms with van der Waals surface area (Å²) in [7, 11) is 3.09. The molecular formula is C27H28N10O3. The number of ether oxygens (including phenoxy) is 3. The van der Waals surface area contributed by atoms with E-state index in [1.165, 1.54) is 5.39 Å². The van der Waals surface area contributed by atoms with E-state index in [1.807, 2.05) is 18.2 Å². The summed E-state index contributed by atoms with van der Waals surface area (Å²) in [5.74, 6) is 0.394. The van der Waals surface area contributed by atoms with Gasteiger partial charge in [0.15, 0.2) is 11.3 Å². The third kappa shape index (κ3) is 4.89. The number of anilines is 2. The highest BCUT2D eigenvalue weighted by molar-refractivity contribution is 5.93. The van der Waals surface area contributed by atoms with Gasteiger partial charge < -0.3 is 35.6 Å². The molecule has 40 heavy (non-hydrogen) atoms. The number of nitrogens with one attached hydrogen (secondary N) is 2. The minimum Gasteiger partial charge on any atom is -0.468 e. The minimum absolute atomic E-state index is 0.0447. The zero-order chi connectivity index (χ0) is 27.6. The predicted molar refractivity (Wildman–Crippen MR) is 151 cm³/mol. The van der Waals surface area contributed by atoms with Crippen LogP contribution < -0.4 is 20.9 Å². The van der Waals surface area contributed by atoms with Crippen LogP contribution in [0.2, 0.25) is 0 Å². The van der Waals surface area contributed by atoms with Gasteiger partial charge in [-0.3, -0.25) is 0 Å².